The predicted octanol–water partition coefficient (Wildman–Crippen LogP) is 3.04. The summed E-state index contributed by atoms with van der Waals surface area (Å²) in [5.41, 5.74) is 1.16. The molecule has 1 aromatic carbocycles. The molecular formula is C13H10ClNO2. The van der Waals surface area contributed by atoms with Gasteiger partial charge in [-0.1, -0.05) is 18.2 Å². The summed E-state index contributed by atoms with van der Waals surface area (Å²) in [6.07, 6.45) is 1.69. The van der Waals surface area contributed by atoms with Crippen LogP contribution in [0.15, 0.2) is 48.7 Å². The molecule has 17 heavy (non-hydrogen) atoms. The Morgan fingerprint density at radius 2 is 1.94 bits per heavy atom. The molecule has 0 saturated heterocycles. The van der Waals surface area contributed by atoms with Gasteiger partial charge in [0.1, 0.15) is 12.4 Å². The van der Waals surface area contributed by atoms with E-state index in [1.54, 1.807) is 30.5 Å². The average Bonchev–Trinajstić information content (AvgIpc) is 2.38. The number of ether oxygens (including phenoxy) is 1. The van der Waals surface area contributed by atoms with Crippen LogP contribution in [0.5, 0.6) is 5.75 Å². The molecule has 0 atom stereocenters. The maximum atomic E-state index is 11.1. The second-order valence-corrected chi connectivity index (χ2v) is 3.72. The van der Waals surface area contributed by atoms with Crippen molar-refractivity contribution >= 4 is 16.8 Å². The Hall–Kier alpha value is -1.87. The first-order chi connectivity index (χ1) is 8.27. The lowest BCUT2D eigenvalue weighted by Crippen LogP contribution is -2.01. The van der Waals surface area contributed by atoms with E-state index in [0.29, 0.717) is 17.9 Å². The maximum Gasteiger partial charge on any atom is 0.256 e. The van der Waals surface area contributed by atoms with Crippen molar-refractivity contribution in [2.75, 3.05) is 0 Å². The Labute approximate surface area is 104 Å². The molecule has 0 aliphatic heterocycles. The van der Waals surface area contributed by atoms with Gasteiger partial charge >= 0.3 is 0 Å². The van der Waals surface area contributed by atoms with Crippen LogP contribution in [-0.4, -0.2) is 10.2 Å². The summed E-state index contributed by atoms with van der Waals surface area (Å²) in [5.74, 6) is 0.471. The van der Waals surface area contributed by atoms with Crippen LogP contribution >= 0.6 is 11.6 Å². The van der Waals surface area contributed by atoms with E-state index in [1.165, 1.54) is 0 Å². The number of hydrogen-bond acceptors (Lipinski definition) is 3. The highest BCUT2D eigenvalue weighted by Gasteiger charge is 2.09. The number of hydrogen-bond donors (Lipinski definition) is 0. The van der Waals surface area contributed by atoms with E-state index in [0.717, 1.165) is 5.69 Å². The lowest BCUT2D eigenvalue weighted by Gasteiger charge is -2.08. The summed E-state index contributed by atoms with van der Waals surface area (Å²) in [6, 6.07) is 12.4. The predicted molar refractivity (Wildman–Crippen MR) is 65.2 cm³/mol. The maximum absolute atomic E-state index is 11.1. The van der Waals surface area contributed by atoms with E-state index in [2.05, 4.69) is 4.98 Å². The molecule has 2 rings (SSSR count). The van der Waals surface area contributed by atoms with Crippen molar-refractivity contribution in [1.82, 2.24) is 4.98 Å². The van der Waals surface area contributed by atoms with Crippen molar-refractivity contribution < 1.29 is 9.53 Å². The van der Waals surface area contributed by atoms with Crippen LogP contribution in [0.4, 0.5) is 0 Å². The minimum absolute atomic E-state index is 0.308. The molecule has 1 heterocycles. The molecule has 4 heteroatoms. The Bertz CT molecular complexity index is 514. The Morgan fingerprint density at radius 3 is 2.65 bits per heavy atom. The molecule has 0 fully saturated rings. The molecule has 0 radical (unpaired) electrons. The molecule has 0 bridgehead atoms. The second kappa shape index (κ2) is 5.46. The first-order valence-corrected chi connectivity index (χ1v) is 5.47. The molecular weight excluding hydrogens is 238 g/mol. The van der Waals surface area contributed by atoms with Gasteiger partial charge in [-0.25, -0.2) is 0 Å². The van der Waals surface area contributed by atoms with Gasteiger partial charge in [-0.15, -0.1) is 0 Å². The molecule has 86 valence electrons. The number of pyridine rings is 1. The first kappa shape index (κ1) is 11.6. The fourth-order valence-corrected chi connectivity index (χ4v) is 1.55. The summed E-state index contributed by atoms with van der Waals surface area (Å²) in [6.45, 7) is 0.308. The number of aromatic nitrogens is 1. The average molecular weight is 248 g/mol. The van der Waals surface area contributed by atoms with Crippen molar-refractivity contribution in [1.29, 1.82) is 0 Å². The quantitative estimate of drug-likeness (QED) is 0.780. The molecule has 0 spiro atoms. The normalized spacial score (nSPS) is 9.94. The number of carbonyl (C=O) groups excluding carboxylic acids is 1. The van der Waals surface area contributed by atoms with Crippen LogP contribution in [0.3, 0.4) is 0 Å². The van der Waals surface area contributed by atoms with Gasteiger partial charge in [0.05, 0.1) is 11.3 Å². The van der Waals surface area contributed by atoms with Gasteiger partial charge in [0.25, 0.3) is 5.24 Å². The Kier molecular flexibility index (Phi) is 3.73. The number of carbonyl (C=O) groups is 1. The molecule has 2 aromatic rings. The highest BCUT2D eigenvalue weighted by atomic mass is 35.5. The van der Waals surface area contributed by atoms with Crippen LogP contribution < -0.4 is 4.74 Å². The summed E-state index contributed by atoms with van der Waals surface area (Å²) >= 11 is 5.46. The fourth-order valence-electron chi connectivity index (χ4n) is 1.39. The van der Waals surface area contributed by atoms with Gasteiger partial charge in [0.15, 0.2) is 0 Å². The van der Waals surface area contributed by atoms with E-state index < -0.39 is 5.24 Å². The van der Waals surface area contributed by atoms with Gasteiger partial charge in [-0.3, -0.25) is 9.78 Å². The summed E-state index contributed by atoms with van der Waals surface area (Å²) < 4.78 is 5.52. The molecule has 0 aliphatic carbocycles. The van der Waals surface area contributed by atoms with Crippen molar-refractivity contribution in [2.24, 2.45) is 0 Å². The Balaban J connectivity index is 2.12. The minimum atomic E-state index is -0.526. The van der Waals surface area contributed by atoms with Crippen LogP contribution in [0, 0.1) is 0 Å². The van der Waals surface area contributed by atoms with Crippen LogP contribution in [0.1, 0.15) is 16.1 Å². The summed E-state index contributed by atoms with van der Waals surface area (Å²) in [4.78, 5) is 15.3. The van der Waals surface area contributed by atoms with E-state index in [-0.39, 0.29) is 0 Å². The summed E-state index contributed by atoms with van der Waals surface area (Å²) in [7, 11) is 0. The van der Waals surface area contributed by atoms with Crippen molar-refractivity contribution in [2.45, 2.75) is 6.61 Å². The number of rotatable bonds is 4. The molecule has 1 aromatic heterocycles. The number of halogens is 1. The van der Waals surface area contributed by atoms with Gasteiger partial charge in [-0.05, 0) is 35.9 Å². The van der Waals surface area contributed by atoms with Gasteiger partial charge < -0.3 is 4.74 Å². The highest BCUT2D eigenvalue weighted by Crippen LogP contribution is 2.20. The van der Waals surface area contributed by atoms with Crippen LogP contribution in [-0.2, 0) is 6.61 Å². The zero-order chi connectivity index (χ0) is 12.1. The van der Waals surface area contributed by atoms with Crippen molar-refractivity contribution in [3.05, 3.63) is 59.9 Å². The molecule has 3 nitrogen and oxygen atoms in total. The molecule has 0 saturated carbocycles. The van der Waals surface area contributed by atoms with Crippen molar-refractivity contribution in [3.63, 3.8) is 0 Å². The zero-order valence-electron chi connectivity index (χ0n) is 8.97. The van der Waals surface area contributed by atoms with E-state index >= 15 is 0 Å². The van der Waals surface area contributed by atoms with Crippen molar-refractivity contribution in [3.8, 4) is 5.75 Å². The smallest absolute Gasteiger partial charge is 0.256 e. The Morgan fingerprint density at radius 1 is 1.18 bits per heavy atom. The van der Waals surface area contributed by atoms with E-state index in [1.807, 2.05) is 18.2 Å². The fraction of sp³-hybridized carbons (Fsp3) is 0.0769. The topological polar surface area (TPSA) is 39.2 Å². The third kappa shape index (κ3) is 3.04. The van der Waals surface area contributed by atoms with Gasteiger partial charge in [0.2, 0.25) is 0 Å². The number of nitrogens with zero attached hydrogens (tertiary/aromatic N) is 1. The molecule has 0 aliphatic rings. The molecule has 0 N–H and O–H groups in total. The van der Waals surface area contributed by atoms with Gasteiger partial charge in [0, 0.05) is 6.20 Å². The first-order valence-electron chi connectivity index (χ1n) is 5.09. The third-order valence-corrected chi connectivity index (χ3v) is 2.40. The standard InChI is InChI=1S/C13H10ClNO2/c14-13(16)11-6-1-2-7-12(11)17-9-10-5-3-4-8-15-10/h1-8H,9H2. The molecule has 0 unspecified atom stereocenters. The number of benzene rings is 1. The zero-order valence-corrected chi connectivity index (χ0v) is 9.72. The van der Waals surface area contributed by atoms with E-state index in [9.17, 15) is 4.79 Å². The highest BCUT2D eigenvalue weighted by molar-refractivity contribution is 6.68. The van der Waals surface area contributed by atoms with Crippen LogP contribution in [0.25, 0.3) is 0 Å². The second-order valence-electron chi connectivity index (χ2n) is 3.38. The van der Waals surface area contributed by atoms with E-state index in [4.69, 9.17) is 16.3 Å². The third-order valence-electron chi connectivity index (χ3n) is 2.20. The molecule has 0 amide bonds. The minimum Gasteiger partial charge on any atom is -0.486 e. The SMILES string of the molecule is O=C(Cl)c1ccccc1OCc1ccccn1. The largest absolute Gasteiger partial charge is 0.486 e. The van der Waals surface area contributed by atoms with Crippen LogP contribution in [0.2, 0.25) is 0 Å². The summed E-state index contributed by atoms with van der Waals surface area (Å²) in [5, 5.41) is -0.526. The monoisotopic (exact) mass is 247 g/mol. The lowest BCUT2D eigenvalue weighted by atomic mass is 10.2. The number of para-hydroxylation sites is 1. The lowest BCUT2D eigenvalue weighted by molar-refractivity contribution is 0.107. The van der Waals surface area contributed by atoms with Gasteiger partial charge in [-0.2, -0.15) is 0 Å².